The van der Waals surface area contributed by atoms with Crippen LogP contribution in [0.3, 0.4) is 0 Å². The Labute approximate surface area is 123 Å². The molecule has 0 bridgehead atoms. The van der Waals surface area contributed by atoms with Crippen LogP contribution < -0.4 is 16.4 Å². The number of nitrogen functional groups attached to an aromatic ring is 1. The largest absolute Gasteiger partial charge is 0.399 e. The average molecular weight is 282 g/mol. The molecule has 1 aromatic rings. The van der Waals surface area contributed by atoms with Crippen molar-refractivity contribution < 1.29 is 4.79 Å². The standard InChI is InChI=1S/C16H18N4O/c17-13-4-3-10-7-16(8-12(10)6-13)15(21)19-14(20-16)11-2-1-5-18-9-11/h1,3-6,9,11,14,20H,2,7-8,17H2,(H,19,21). The number of carbonyl (C=O) groups excluding carboxylic acids is 1. The number of fused-ring (bicyclic) bond motifs is 1. The molecule has 2 heterocycles. The molecule has 5 heteroatoms. The fourth-order valence-corrected chi connectivity index (χ4v) is 3.57. The van der Waals surface area contributed by atoms with Crippen molar-refractivity contribution >= 4 is 17.8 Å². The van der Waals surface area contributed by atoms with Crippen molar-refractivity contribution in [3.63, 3.8) is 0 Å². The highest BCUT2D eigenvalue weighted by atomic mass is 16.2. The molecule has 0 radical (unpaired) electrons. The van der Waals surface area contributed by atoms with E-state index in [0.717, 1.165) is 18.5 Å². The quantitative estimate of drug-likeness (QED) is 0.665. The van der Waals surface area contributed by atoms with Crippen LogP contribution in [0.2, 0.25) is 0 Å². The fraction of sp³-hybridized carbons (Fsp3) is 0.375. The van der Waals surface area contributed by atoms with Crippen LogP contribution in [0.25, 0.3) is 0 Å². The van der Waals surface area contributed by atoms with Gasteiger partial charge in [-0.2, -0.15) is 0 Å². The molecule has 3 aliphatic rings. The molecular formula is C16H18N4O. The SMILES string of the molecule is Nc1ccc2c(c1)CC1(C2)NC(C2C=NC=CC2)NC1=O. The van der Waals surface area contributed by atoms with Crippen LogP contribution in [0.4, 0.5) is 5.69 Å². The van der Waals surface area contributed by atoms with Gasteiger partial charge in [0.05, 0.1) is 6.17 Å². The van der Waals surface area contributed by atoms with Crippen molar-refractivity contribution in [3.8, 4) is 0 Å². The van der Waals surface area contributed by atoms with E-state index in [0.29, 0.717) is 6.42 Å². The Morgan fingerprint density at radius 3 is 2.95 bits per heavy atom. The number of allylic oxidation sites excluding steroid dienone is 1. The highest BCUT2D eigenvalue weighted by Crippen LogP contribution is 2.35. The van der Waals surface area contributed by atoms with Crippen LogP contribution in [0, 0.1) is 5.92 Å². The lowest BCUT2D eigenvalue weighted by atomic mass is 9.95. The van der Waals surface area contributed by atoms with Crippen molar-refractivity contribution in [1.29, 1.82) is 0 Å². The van der Waals surface area contributed by atoms with Crippen LogP contribution in [-0.4, -0.2) is 23.8 Å². The van der Waals surface area contributed by atoms with Crippen molar-refractivity contribution in [1.82, 2.24) is 10.6 Å². The molecule has 3 atom stereocenters. The number of hydrogen-bond acceptors (Lipinski definition) is 4. The molecule has 4 rings (SSSR count). The van der Waals surface area contributed by atoms with Crippen molar-refractivity contribution in [2.75, 3.05) is 5.73 Å². The lowest BCUT2D eigenvalue weighted by Crippen LogP contribution is -2.49. The zero-order chi connectivity index (χ0) is 14.4. The normalized spacial score (nSPS) is 33.4. The van der Waals surface area contributed by atoms with E-state index in [2.05, 4.69) is 15.6 Å². The maximum atomic E-state index is 12.5. The van der Waals surface area contributed by atoms with E-state index in [1.54, 1.807) is 6.20 Å². The Morgan fingerprint density at radius 2 is 2.14 bits per heavy atom. The second-order valence-electron chi connectivity index (χ2n) is 6.14. The minimum Gasteiger partial charge on any atom is -0.399 e. The first-order valence-corrected chi connectivity index (χ1v) is 7.31. The third kappa shape index (κ3) is 1.96. The number of rotatable bonds is 1. The molecule has 1 aliphatic carbocycles. The summed E-state index contributed by atoms with van der Waals surface area (Å²) in [5.74, 6) is 0.303. The summed E-state index contributed by atoms with van der Waals surface area (Å²) >= 11 is 0. The number of benzene rings is 1. The van der Waals surface area contributed by atoms with Gasteiger partial charge in [0.2, 0.25) is 5.91 Å². The van der Waals surface area contributed by atoms with Gasteiger partial charge in [-0.25, -0.2) is 0 Å². The highest BCUT2D eigenvalue weighted by Gasteiger charge is 2.51. The van der Waals surface area contributed by atoms with Gasteiger partial charge >= 0.3 is 0 Å². The predicted octanol–water partition coefficient (Wildman–Crippen LogP) is 0.756. The summed E-state index contributed by atoms with van der Waals surface area (Å²) in [5, 5.41) is 6.62. The summed E-state index contributed by atoms with van der Waals surface area (Å²) in [6, 6.07) is 5.92. The second-order valence-corrected chi connectivity index (χ2v) is 6.14. The molecule has 4 N–H and O–H groups in total. The number of nitrogens with two attached hydrogens (primary N) is 1. The summed E-state index contributed by atoms with van der Waals surface area (Å²) in [5.41, 5.74) is 8.48. The monoisotopic (exact) mass is 282 g/mol. The number of aliphatic imine (C=N–C) groups is 1. The number of anilines is 1. The number of amides is 1. The van der Waals surface area contributed by atoms with Gasteiger partial charge in [-0.15, -0.1) is 0 Å². The van der Waals surface area contributed by atoms with Crippen molar-refractivity contribution in [3.05, 3.63) is 41.6 Å². The zero-order valence-corrected chi connectivity index (χ0v) is 11.7. The minimum atomic E-state index is -0.518. The van der Waals surface area contributed by atoms with Crippen LogP contribution in [0.5, 0.6) is 0 Å². The molecule has 2 aliphatic heterocycles. The van der Waals surface area contributed by atoms with E-state index in [-0.39, 0.29) is 18.0 Å². The molecule has 5 nitrogen and oxygen atoms in total. The molecule has 21 heavy (non-hydrogen) atoms. The Hall–Kier alpha value is -2.14. The third-order valence-electron chi connectivity index (χ3n) is 4.67. The van der Waals surface area contributed by atoms with Crippen LogP contribution in [0.15, 0.2) is 35.5 Å². The van der Waals surface area contributed by atoms with E-state index >= 15 is 0 Å². The van der Waals surface area contributed by atoms with E-state index in [9.17, 15) is 4.79 Å². The van der Waals surface area contributed by atoms with Gasteiger partial charge in [-0.1, -0.05) is 12.1 Å². The first-order valence-electron chi connectivity index (χ1n) is 7.31. The summed E-state index contributed by atoms with van der Waals surface area (Å²) in [6.07, 6.45) is 8.04. The molecular weight excluding hydrogens is 264 g/mol. The molecule has 0 saturated carbocycles. The van der Waals surface area contributed by atoms with Gasteiger partial charge in [0.1, 0.15) is 5.54 Å². The average Bonchev–Trinajstić information content (AvgIpc) is 3.00. The molecule has 108 valence electrons. The number of carbonyl (C=O) groups is 1. The smallest absolute Gasteiger partial charge is 0.242 e. The van der Waals surface area contributed by atoms with Gasteiger partial charge < -0.3 is 11.1 Å². The summed E-state index contributed by atoms with van der Waals surface area (Å²) in [4.78, 5) is 16.7. The molecule has 3 unspecified atom stereocenters. The van der Waals surface area contributed by atoms with Gasteiger partial charge in [-0.3, -0.25) is 15.1 Å². The zero-order valence-electron chi connectivity index (χ0n) is 11.7. The van der Waals surface area contributed by atoms with E-state index in [4.69, 9.17) is 5.73 Å². The van der Waals surface area contributed by atoms with E-state index in [1.165, 1.54) is 11.1 Å². The van der Waals surface area contributed by atoms with Gasteiger partial charge in [-0.05, 0) is 29.7 Å². The summed E-state index contributed by atoms with van der Waals surface area (Å²) in [7, 11) is 0. The molecule has 1 fully saturated rings. The Morgan fingerprint density at radius 1 is 1.29 bits per heavy atom. The minimum absolute atomic E-state index is 0.0436. The number of nitrogens with zero attached hydrogens (tertiary/aromatic N) is 1. The third-order valence-corrected chi connectivity index (χ3v) is 4.67. The van der Waals surface area contributed by atoms with Crippen LogP contribution >= 0.6 is 0 Å². The summed E-state index contributed by atoms with van der Waals surface area (Å²) < 4.78 is 0. The number of hydrogen-bond donors (Lipinski definition) is 3. The Bertz CT molecular complexity index is 666. The molecule has 0 aromatic heterocycles. The lowest BCUT2D eigenvalue weighted by molar-refractivity contribution is -0.124. The fourth-order valence-electron chi connectivity index (χ4n) is 3.57. The summed E-state index contributed by atoms with van der Waals surface area (Å²) in [6.45, 7) is 0. The van der Waals surface area contributed by atoms with Crippen molar-refractivity contribution in [2.45, 2.75) is 31.0 Å². The van der Waals surface area contributed by atoms with E-state index < -0.39 is 5.54 Å². The van der Waals surface area contributed by atoms with E-state index in [1.807, 2.05) is 30.5 Å². The first kappa shape index (κ1) is 12.6. The maximum absolute atomic E-state index is 12.5. The molecule has 1 saturated heterocycles. The molecule has 1 amide bonds. The topological polar surface area (TPSA) is 79.5 Å². The van der Waals surface area contributed by atoms with Crippen molar-refractivity contribution in [2.24, 2.45) is 10.9 Å². The lowest BCUT2D eigenvalue weighted by Gasteiger charge is -2.24. The second kappa shape index (κ2) is 4.43. The molecule has 1 aromatic carbocycles. The van der Waals surface area contributed by atoms with Crippen LogP contribution in [0.1, 0.15) is 17.5 Å². The van der Waals surface area contributed by atoms with Gasteiger partial charge in [0.15, 0.2) is 0 Å². The Balaban J connectivity index is 1.58. The van der Waals surface area contributed by atoms with Gasteiger partial charge in [0.25, 0.3) is 0 Å². The first-order chi connectivity index (χ1) is 10.2. The number of nitrogens with one attached hydrogen (secondary N) is 2. The predicted molar refractivity (Wildman–Crippen MR) is 81.8 cm³/mol. The van der Waals surface area contributed by atoms with Crippen LogP contribution in [-0.2, 0) is 17.6 Å². The Kier molecular flexibility index (Phi) is 2.65. The highest BCUT2D eigenvalue weighted by molar-refractivity contribution is 5.91. The molecule has 1 spiro atoms. The maximum Gasteiger partial charge on any atom is 0.242 e. The van der Waals surface area contributed by atoms with Gasteiger partial charge in [0, 0.05) is 36.9 Å².